The molecule has 4 heteroatoms. The lowest BCUT2D eigenvalue weighted by Crippen LogP contribution is -1.96. The Morgan fingerprint density at radius 3 is 2.60 bits per heavy atom. The predicted octanol–water partition coefficient (Wildman–Crippen LogP) is 1.73. The number of ether oxygens (including phenoxy) is 1. The largest absolute Gasteiger partial charge is 0.501 e. The lowest BCUT2D eigenvalue weighted by molar-refractivity contribution is -0.137. The van der Waals surface area contributed by atoms with E-state index in [0.29, 0.717) is 12.2 Å². The number of hydrogen-bond donors (Lipinski definition) is 1. The number of allylic oxidation sites excluding steroid dienone is 1. The van der Waals surface area contributed by atoms with Crippen LogP contribution in [0.5, 0.6) is 0 Å². The van der Waals surface area contributed by atoms with Crippen LogP contribution in [0.25, 0.3) is 0 Å². The van der Waals surface area contributed by atoms with E-state index in [-0.39, 0.29) is 6.42 Å². The van der Waals surface area contributed by atoms with Crippen LogP contribution in [0.1, 0.15) is 12.8 Å². The number of carbonyl (C=O) groups is 1. The molecule has 0 amide bonds. The maximum absolute atomic E-state index is 10.0. The van der Waals surface area contributed by atoms with Gasteiger partial charge in [-0.05, 0) is 0 Å². The van der Waals surface area contributed by atoms with Gasteiger partial charge in [-0.15, -0.1) is 0 Å². The molecule has 0 spiro atoms. The van der Waals surface area contributed by atoms with Crippen LogP contribution in [0.2, 0.25) is 0 Å². The van der Waals surface area contributed by atoms with Crippen LogP contribution in [0.15, 0.2) is 10.7 Å². The van der Waals surface area contributed by atoms with Gasteiger partial charge in [-0.2, -0.15) is 0 Å². The van der Waals surface area contributed by atoms with Gasteiger partial charge < -0.3 is 9.84 Å². The molecular weight excluding hydrogens is 200 g/mol. The van der Waals surface area contributed by atoms with Gasteiger partial charge in [0.2, 0.25) is 0 Å². The number of carboxylic acids is 1. The molecule has 0 radical (unpaired) electrons. The van der Waals surface area contributed by atoms with Crippen molar-refractivity contribution in [3.05, 3.63) is 10.7 Å². The third kappa shape index (κ3) is 4.38. The molecular formula is C6H9BrO3. The predicted molar refractivity (Wildman–Crippen MR) is 40.9 cm³/mol. The Morgan fingerprint density at radius 1 is 1.70 bits per heavy atom. The van der Waals surface area contributed by atoms with E-state index in [4.69, 9.17) is 9.84 Å². The number of halogens is 1. The summed E-state index contributed by atoms with van der Waals surface area (Å²) < 4.78 is 4.80. The average molecular weight is 209 g/mol. The summed E-state index contributed by atoms with van der Waals surface area (Å²) in [6.07, 6.45) is 0.530. The van der Waals surface area contributed by atoms with E-state index in [1.165, 1.54) is 7.11 Å². The van der Waals surface area contributed by atoms with Gasteiger partial charge in [0.25, 0.3) is 0 Å². The van der Waals surface area contributed by atoms with Crippen molar-refractivity contribution in [3.8, 4) is 0 Å². The van der Waals surface area contributed by atoms with Gasteiger partial charge in [-0.3, -0.25) is 4.79 Å². The van der Waals surface area contributed by atoms with Crippen LogP contribution in [0, 0.1) is 0 Å². The molecule has 0 heterocycles. The van der Waals surface area contributed by atoms with Gasteiger partial charge in [0.1, 0.15) is 5.76 Å². The standard InChI is InChI=1S/C6H9BrO3/c1-10-5(4-7)2-3-6(8)9/h4H,2-3H2,1H3,(H,8,9). The van der Waals surface area contributed by atoms with Crippen LogP contribution >= 0.6 is 15.9 Å². The van der Waals surface area contributed by atoms with E-state index in [0.717, 1.165) is 0 Å². The van der Waals surface area contributed by atoms with Crippen molar-refractivity contribution in [2.24, 2.45) is 0 Å². The Kier molecular flexibility index (Phi) is 5.02. The molecule has 0 fully saturated rings. The quantitative estimate of drug-likeness (QED) is 0.717. The lowest BCUT2D eigenvalue weighted by Gasteiger charge is -2.00. The molecule has 0 saturated carbocycles. The maximum atomic E-state index is 10.0. The monoisotopic (exact) mass is 208 g/mol. The van der Waals surface area contributed by atoms with E-state index in [1.807, 2.05) is 0 Å². The third-order valence-electron chi connectivity index (χ3n) is 0.969. The van der Waals surface area contributed by atoms with Gasteiger partial charge in [0, 0.05) is 11.4 Å². The minimum absolute atomic E-state index is 0.102. The molecule has 0 aliphatic heterocycles. The molecule has 0 aliphatic carbocycles. The smallest absolute Gasteiger partial charge is 0.303 e. The number of aliphatic carboxylic acids is 1. The Balaban J connectivity index is 3.56. The van der Waals surface area contributed by atoms with E-state index in [2.05, 4.69) is 15.9 Å². The minimum Gasteiger partial charge on any atom is -0.501 e. The number of hydrogen-bond acceptors (Lipinski definition) is 2. The Morgan fingerprint density at radius 2 is 2.30 bits per heavy atom. The van der Waals surface area contributed by atoms with Crippen molar-refractivity contribution >= 4 is 21.9 Å². The molecule has 0 aromatic carbocycles. The molecule has 1 N–H and O–H groups in total. The number of methoxy groups -OCH3 is 1. The third-order valence-corrected chi connectivity index (χ3v) is 1.48. The van der Waals surface area contributed by atoms with Gasteiger partial charge in [-0.1, -0.05) is 15.9 Å². The van der Waals surface area contributed by atoms with Gasteiger partial charge in [0.15, 0.2) is 0 Å². The zero-order valence-corrected chi connectivity index (χ0v) is 7.22. The molecule has 0 aromatic rings. The molecule has 0 aliphatic rings. The highest BCUT2D eigenvalue weighted by molar-refractivity contribution is 9.11. The van der Waals surface area contributed by atoms with E-state index < -0.39 is 5.97 Å². The first-order valence-corrected chi connectivity index (χ1v) is 3.67. The minimum atomic E-state index is -0.816. The van der Waals surface area contributed by atoms with Crippen molar-refractivity contribution in [1.29, 1.82) is 0 Å². The van der Waals surface area contributed by atoms with Crippen molar-refractivity contribution < 1.29 is 14.6 Å². The van der Waals surface area contributed by atoms with Crippen LogP contribution in [0.4, 0.5) is 0 Å². The van der Waals surface area contributed by atoms with E-state index >= 15 is 0 Å². The highest BCUT2D eigenvalue weighted by atomic mass is 79.9. The molecule has 0 saturated heterocycles. The fraction of sp³-hybridized carbons (Fsp3) is 0.500. The second kappa shape index (κ2) is 5.29. The van der Waals surface area contributed by atoms with Gasteiger partial charge in [0.05, 0.1) is 13.5 Å². The molecule has 0 rings (SSSR count). The first-order valence-electron chi connectivity index (χ1n) is 2.75. The average Bonchev–Trinajstić information content (AvgIpc) is 1.90. The van der Waals surface area contributed by atoms with Gasteiger partial charge in [-0.25, -0.2) is 0 Å². The summed E-state index contributed by atoms with van der Waals surface area (Å²) in [4.78, 5) is 11.6. The topological polar surface area (TPSA) is 46.5 Å². The summed E-state index contributed by atoms with van der Waals surface area (Å²) in [5, 5.41) is 8.26. The first kappa shape index (κ1) is 9.49. The number of carboxylic acid groups (broad SMARTS) is 1. The van der Waals surface area contributed by atoms with Crippen molar-refractivity contribution in [2.75, 3.05) is 7.11 Å². The fourth-order valence-corrected chi connectivity index (χ4v) is 0.847. The van der Waals surface area contributed by atoms with Crippen molar-refractivity contribution in [3.63, 3.8) is 0 Å². The Hall–Kier alpha value is -0.510. The van der Waals surface area contributed by atoms with Crippen molar-refractivity contribution in [1.82, 2.24) is 0 Å². The maximum Gasteiger partial charge on any atom is 0.303 e. The summed E-state index contributed by atoms with van der Waals surface area (Å²) in [6, 6.07) is 0. The van der Waals surface area contributed by atoms with Crippen LogP contribution in [-0.4, -0.2) is 18.2 Å². The normalized spacial score (nSPS) is 11.2. The second-order valence-electron chi connectivity index (χ2n) is 1.67. The zero-order chi connectivity index (χ0) is 7.98. The molecule has 0 aromatic heterocycles. The molecule has 0 atom stereocenters. The molecule has 0 unspecified atom stereocenters. The first-order chi connectivity index (χ1) is 4.70. The summed E-state index contributed by atoms with van der Waals surface area (Å²) in [5.41, 5.74) is 0. The van der Waals surface area contributed by atoms with Crippen LogP contribution in [-0.2, 0) is 9.53 Å². The van der Waals surface area contributed by atoms with Crippen LogP contribution in [0.3, 0.4) is 0 Å². The summed E-state index contributed by atoms with van der Waals surface area (Å²) >= 11 is 3.05. The van der Waals surface area contributed by atoms with E-state index in [1.54, 1.807) is 4.99 Å². The zero-order valence-electron chi connectivity index (χ0n) is 5.63. The van der Waals surface area contributed by atoms with Gasteiger partial charge >= 0.3 is 5.97 Å². The fourth-order valence-electron chi connectivity index (χ4n) is 0.431. The highest BCUT2D eigenvalue weighted by Crippen LogP contribution is 2.07. The van der Waals surface area contributed by atoms with E-state index in [9.17, 15) is 4.79 Å². The summed E-state index contributed by atoms with van der Waals surface area (Å²) in [7, 11) is 1.51. The second-order valence-corrected chi connectivity index (χ2v) is 2.13. The molecule has 58 valence electrons. The van der Waals surface area contributed by atoms with Crippen molar-refractivity contribution in [2.45, 2.75) is 12.8 Å². The lowest BCUT2D eigenvalue weighted by atomic mass is 10.3. The molecule has 3 nitrogen and oxygen atoms in total. The Bertz CT molecular complexity index is 142. The number of rotatable bonds is 4. The Labute approximate surface area is 67.8 Å². The SMILES string of the molecule is COC(=CBr)CCC(=O)O. The molecule has 10 heavy (non-hydrogen) atoms. The highest BCUT2D eigenvalue weighted by Gasteiger charge is 1.99. The summed E-state index contributed by atoms with van der Waals surface area (Å²) in [6.45, 7) is 0. The summed E-state index contributed by atoms with van der Waals surface area (Å²) in [5.74, 6) is -0.175. The molecule has 0 bridgehead atoms. The van der Waals surface area contributed by atoms with Crippen LogP contribution < -0.4 is 0 Å².